The molecule has 98 valence electrons. The van der Waals surface area contributed by atoms with E-state index in [4.69, 9.17) is 9.78 Å². The topological polar surface area (TPSA) is 82.1 Å². The highest BCUT2D eigenvalue weighted by Gasteiger charge is 2.08. The van der Waals surface area contributed by atoms with E-state index < -0.39 is 6.10 Å². The molecule has 1 atom stereocenters. The molecule has 1 aromatic heterocycles. The minimum absolute atomic E-state index is 0.408. The first-order chi connectivity index (χ1) is 9.19. The van der Waals surface area contributed by atoms with Crippen molar-refractivity contribution in [3.8, 4) is 6.07 Å². The van der Waals surface area contributed by atoms with E-state index in [9.17, 15) is 5.11 Å². The zero-order valence-corrected chi connectivity index (χ0v) is 10.6. The van der Waals surface area contributed by atoms with Crippen LogP contribution in [0.1, 0.15) is 28.7 Å². The summed E-state index contributed by atoms with van der Waals surface area (Å²) in [6.07, 6.45) is -0.614. The Morgan fingerprint density at radius 1 is 1.42 bits per heavy atom. The molecule has 0 saturated heterocycles. The summed E-state index contributed by atoms with van der Waals surface area (Å²) in [6, 6.07) is 10.8. The molecule has 2 N–H and O–H groups in total. The van der Waals surface area contributed by atoms with Crippen LogP contribution in [0.3, 0.4) is 0 Å². The van der Waals surface area contributed by atoms with Gasteiger partial charge in [0.25, 0.3) is 0 Å². The predicted molar refractivity (Wildman–Crippen MR) is 69.1 cm³/mol. The summed E-state index contributed by atoms with van der Waals surface area (Å²) in [6.45, 7) is 2.79. The van der Waals surface area contributed by atoms with Crippen LogP contribution in [0.2, 0.25) is 0 Å². The lowest BCUT2D eigenvalue weighted by Gasteiger charge is -2.11. The highest BCUT2D eigenvalue weighted by atomic mass is 16.5. The van der Waals surface area contributed by atoms with E-state index in [2.05, 4.69) is 10.5 Å². The van der Waals surface area contributed by atoms with Gasteiger partial charge in [-0.15, -0.1) is 0 Å². The molecule has 1 aromatic carbocycles. The Morgan fingerprint density at radius 2 is 2.16 bits per heavy atom. The molecule has 1 heterocycles. The third kappa shape index (κ3) is 3.65. The number of hydrogen-bond donors (Lipinski definition) is 2. The summed E-state index contributed by atoms with van der Waals surface area (Å²) < 4.78 is 5.05. The van der Waals surface area contributed by atoms with Gasteiger partial charge < -0.3 is 14.9 Å². The summed E-state index contributed by atoms with van der Waals surface area (Å²) in [7, 11) is 0. The molecule has 2 aromatic rings. The van der Waals surface area contributed by atoms with Crippen LogP contribution in [-0.2, 0) is 6.54 Å². The fourth-order valence-electron chi connectivity index (χ4n) is 1.73. The van der Waals surface area contributed by atoms with Gasteiger partial charge >= 0.3 is 0 Å². The van der Waals surface area contributed by atoms with Gasteiger partial charge in [-0.2, -0.15) is 5.26 Å². The van der Waals surface area contributed by atoms with Gasteiger partial charge in [-0.1, -0.05) is 17.3 Å². The molecule has 1 unspecified atom stereocenters. The predicted octanol–water partition coefficient (Wildman–Crippen LogP) is 1.68. The van der Waals surface area contributed by atoms with E-state index in [1.165, 1.54) is 0 Å². The number of hydrogen-bond acceptors (Lipinski definition) is 5. The average Bonchev–Trinajstić information content (AvgIpc) is 2.84. The molecule has 0 radical (unpaired) electrons. The standard InChI is InChI=1S/C14H15N3O2/c1-10-6-13(19-17-10)8-16-9-14(18)12-4-2-11(7-15)3-5-12/h2-6,14,16,18H,8-9H2,1H3. The Labute approximate surface area is 111 Å². The molecule has 0 amide bonds. The summed E-state index contributed by atoms with van der Waals surface area (Å²) in [5.74, 6) is 0.740. The Kier molecular flexibility index (Phi) is 4.29. The normalized spacial score (nSPS) is 12.1. The maximum absolute atomic E-state index is 9.98. The van der Waals surface area contributed by atoms with Gasteiger partial charge in [-0.05, 0) is 24.6 Å². The van der Waals surface area contributed by atoms with Crippen LogP contribution in [0.4, 0.5) is 0 Å². The molecule has 0 aliphatic rings. The number of nitrogens with zero attached hydrogens (tertiary/aromatic N) is 2. The third-order valence-corrected chi connectivity index (χ3v) is 2.74. The Morgan fingerprint density at radius 3 is 2.74 bits per heavy atom. The molecule has 0 fully saturated rings. The lowest BCUT2D eigenvalue weighted by Crippen LogP contribution is -2.20. The third-order valence-electron chi connectivity index (χ3n) is 2.74. The summed E-state index contributed by atoms with van der Waals surface area (Å²) in [4.78, 5) is 0. The smallest absolute Gasteiger partial charge is 0.150 e. The Balaban J connectivity index is 1.83. The SMILES string of the molecule is Cc1cc(CNCC(O)c2ccc(C#N)cc2)on1. The first-order valence-electron chi connectivity index (χ1n) is 6.00. The fraction of sp³-hybridized carbons (Fsp3) is 0.286. The largest absolute Gasteiger partial charge is 0.387 e. The van der Waals surface area contributed by atoms with Crippen molar-refractivity contribution in [2.45, 2.75) is 19.6 Å². The van der Waals surface area contributed by atoms with Gasteiger partial charge in [0.2, 0.25) is 0 Å². The highest BCUT2D eigenvalue weighted by Crippen LogP contribution is 2.13. The molecular weight excluding hydrogens is 242 g/mol. The van der Waals surface area contributed by atoms with Crippen molar-refractivity contribution in [2.24, 2.45) is 0 Å². The molecule has 0 spiro atoms. The minimum atomic E-state index is -0.614. The molecular formula is C14H15N3O2. The Hall–Kier alpha value is -2.16. The first kappa shape index (κ1) is 13.3. The second-order valence-electron chi connectivity index (χ2n) is 4.32. The van der Waals surface area contributed by atoms with E-state index >= 15 is 0 Å². The van der Waals surface area contributed by atoms with Gasteiger partial charge in [0, 0.05) is 12.6 Å². The number of nitrogens with one attached hydrogen (secondary N) is 1. The van der Waals surface area contributed by atoms with E-state index in [1.807, 2.05) is 19.1 Å². The van der Waals surface area contributed by atoms with Crippen LogP contribution in [0, 0.1) is 18.3 Å². The van der Waals surface area contributed by atoms with Crippen LogP contribution in [0.5, 0.6) is 0 Å². The molecule has 0 aliphatic heterocycles. The second-order valence-corrected chi connectivity index (χ2v) is 4.32. The van der Waals surface area contributed by atoms with Gasteiger partial charge in [0.15, 0.2) is 5.76 Å². The number of aromatic nitrogens is 1. The van der Waals surface area contributed by atoms with Crippen molar-refractivity contribution in [1.82, 2.24) is 10.5 Å². The van der Waals surface area contributed by atoms with E-state index in [0.717, 1.165) is 17.0 Å². The van der Waals surface area contributed by atoms with Gasteiger partial charge in [-0.3, -0.25) is 0 Å². The van der Waals surface area contributed by atoms with Crippen molar-refractivity contribution < 1.29 is 9.63 Å². The van der Waals surface area contributed by atoms with Gasteiger partial charge in [0.05, 0.1) is 30.0 Å². The van der Waals surface area contributed by atoms with Crippen LogP contribution in [0.25, 0.3) is 0 Å². The second kappa shape index (κ2) is 6.14. The maximum Gasteiger partial charge on any atom is 0.150 e. The van der Waals surface area contributed by atoms with Crippen molar-refractivity contribution >= 4 is 0 Å². The fourth-order valence-corrected chi connectivity index (χ4v) is 1.73. The van der Waals surface area contributed by atoms with Crippen LogP contribution < -0.4 is 5.32 Å². The number of benzene rings is 1. The number of aliphatic hydroxyl groups excluding tert-OH is 1. The molecule has 2 rings (SSSR count). The molecule has 0 saturated carbocycles. The molecule has 5 heteroatoms. The molecule has 0 aliphatic carbocycles. The molecule has 0 bridgehead atoms. The summed E-state index contributed by atoms with van der Waals surface area (Å²) in [5, 5.41) is 25.5. The molecule has 19 heavy (non-hydrogen) atoms. The van der Waals surface area contributed by atoms with E-state index in [1.54, 1.807) is 24.3 Å². The number of aryl methyl sites for hydroxylation is 1. The average molecular weight is 257 g/mol. The summed E-state index contributed by atoms with van der Waals surface area (Å²) >= 11 is 0. The lowest BCUT2D eigenvalue weighted by molar-refractivity contribution is 0.173. The van der Waals surface area contributed by atoms with Gasteiger partial charge in [-0.25, -0.2) is 0 Å². The van der Waals surface area contributed by atoms with Crippen LogP contribution >= 0.6 is 0 Å². The zero-order chi connectivity index (χ0) is 13.7. The lowest BCUT2D eigenvalue weighted by atomic mass is 10.1. The Bertz CT molecular complexity index is 569. The first-order valence-corrected chi connectivity index (χ1v) is 6.00. The number of aliphatic hydroxyl groups is 1. The highest BCUT2D eigenvalue weighted by molar-refractivity contribution is 5.32. The quantitative estimate of drug-likeness (QED) is 0.851. The molecule has 5 nitrogen and oxygen atoms in total. The van der Waals surface area contributed by atoms with Crippen molar-refractivity contribution in [3.05, 3.63) is 52.9 Å². The summed E-state index contributed by atoms with van der Waals surface area (Å²) in [5.41, 5.74) is 2.20. The monoisotopic (exact) mass is 257 g/mol. The van der Waals surface area contributed by atoms with Crippen molar-refractivity contribution in [2.75, 3.05) is 6.54 Å². The van der Waals surface area contributed by atoms with Crippen molar-refractivity contribution in [3.63, 3.8) is 0 Å². The maximum atomic E-state index is 9.98. The number of rotatable bonds is 5. The minimum Gasteiger partial charge on any atom is -0.387 e. The van der Waals surface area contributed by atoms with Crippen LogP contribution in [-0.4, -0.2) is 16.8 Å². The van der Waals surface area contributed by atoms with Gasteiger partial charge in [0.1, 0.15) is 0 Å². The van der Waals surface area contributed by atoms with E-state index in [0.29, 0.717) is 18.7 Å². The van der Waals surface area contributed by atoms with Crippen molar-refractivity contribution in [1.29, 1.82) is 5.26 Å². The number of nitriles is 1. The zero-order valence-electron chi connectivity index (χ0n) is 10.6. The van der Waals surface area contributed by atoms with Crippen LogP contribution in [0.15, 0.2) is 34.9 Å². The van der Waals surface area contributed by atoms with E-state index in [-0.39, 0.29) is 0 Å².